The maximum Gasteiger partial charge on any atom is 0.239 e. The average molecular weight is 430 g/mol. The van der Waals surface area contributed by atoms with Gasteiger partial charge in [0.1, 0.15) is 5.82 Å². The number of H-pyrrole nitrogens is 1. The Balaban J connectivity index is 1.44. The number of hydrogen-bond donors (Lipinski definition) is 2. The zero-order valence-electron chi connectivity index (χ0n) is 16.0. The highest BCUT2D eigenvalue weighted by molar-refractivity contribution is 7.99. The van der Waals surface area contributed by atoms with Crippen LogP contribution in [0.2, 0.25) is 0 Å². The number of thioether (sulfide) groups is 1. The maximum absolute atomic E-state index is 12.4. The number of carbonyl (C=O) groups excluding carboxylic acids is 2. The summed E-state index contributed by atoms with van der Waals surface area (Å²) in [4.78, 5) is 30.6. The molecule has 1 atom stereocenters. The van der Waals surface area contributed by atoms with Gasteiger partial charge in [-0.2, -0.15) is 0 Å². The highest BCUT2D eigenvalue weighted by Crippen LogP contribution is 2.32. The zero-order chi connectivity index (χ0) is 20.1. The molecule has 2 aliphatic rings. The molecule has 3 rings (SSSR count). The van der Waals surface area contributed by atoms with E-state index in [0.29, 0.717) is 24.0 Å². The van der Waals surface area contributed by atoms with Crippen molar-refractivity contribution in [2.45, 2.75) is 56.1 Å². The summed E-state index contributed by atoms with van der Waals surface area (Å²) in [5.41, 5.74) is 0. The predicted octanol–water partition coefficient (Wildman–Crippen LogP) is 0.706. The predicted molar refractivity (Wildman–Crippen MR) is 106 cm³/mol. The second kappa shape index (κ2) is 9.25. The van der Waals surface area contributed by atoms with Crippen LogP contribution in [0, 0.1) is 0 Å². The van der Waals surface area contributed by atoms with Crippen LogP contribution in [0.4, 0.5) is 0 Å². The largest absolute Gasteiger partial charge is 0.351 e. The highest BCUT2D eigenvalue weighted by Gasteiger charge is 2.29. The number of carbonyl (C=O) groups is 2. The Morgan fingerprint density at radius 1 is 1.29 bits per heavy atom. The zero-order valence-corrected chi connectivity index (χ0v) is 17.6. The molecule has 156 valence electrons. The topological polar surface area (TPSA) is 125 Å². The number of sulfone groups is 1. The van der Waals surface area contributed by atoms with E-state index in [4.69, 9.17) is 0 Å². The van der Waals surface area contributed by atoms with Gasteiger partial charge in [-0.3, -0.25) is 14.7 Å². The Bertz CT molecular complexity index is 804. The van der Waals surface area contributed by atoms with E-state index in [1.807, 2.05) is 0 Å². The first-order chi connectivity index (χ1) is 13.4. The fraction of sp³-hybridized carbons (Fsp3) is 0.765. The Kier molecular flexibility index (Phi) is 6.97. The fourth-order valence-corrected chi connectivity index (χ4v) is 6.04. The van der Waals surface area contributed by atoms with Crippen LogP contribution in [0.3, 0.4) is 0 Å². The second-order valence-electron chi connectivity index (χ2n) is 7.35. The molecule has 1 aromatic heterocycles. The first-order valence-electron chi connectivity index (χ1n) is 9.69. The molecular weight excluding hydrogens is 402 g/mol. The molecule has 0 bridgehead atoms. The van der Waals surface area contributed by atoms with Gasteiger partial charge in [0, 0.05) is 18.5 Å². The van der Waals surface area contributed by atoms with E-state index >= 15 is 0 Å². The van der Waals surface area contributed by atoms with E-state index in [-0.39, 0.29) is 41.7 Å². The minimum atomic E-state index is -3.05. The van der Waals surface area contributed by atoms with Gasteiger partial charge in [0.25, 0.3) is 0 Å². The Labute approximate surface area is 169 Å². The van der Waals surface area contributed by atoms with E-state index < -0.39 is 9.84 Å². The molecule has 11 heteroatoms. The molecule has 2 amide bonds. The van der Waals surface area contributed by atoms with Crippen LogP contribution in [0.5, 0.6) is 0 Å². The van der Waals surface area contributed by atoms with Gasteiger partial charge in [0.15, 0.2) is 9.84 Å². The molecule has 2 fully saturated rings. The van der Waals surface area contributed by atoms with Crippen molar-refractivity contribution < 1.29 is 18.0 Å². The normalized spacial score (nSPS) is 21.7. The number of aromatic amines is 1. The minimum absolute atomic E-state index is 0.0250. The van der Waals surface area contributed by atoms with Crippen molar-refractivity contribution in [2.75, 3.05) is 30.3 Å². The molecule has 0 spiro atoms. The van der Waals surface area contributed by atoms with E-state index in [9.17, 15) is 18.0 Å². The molecule has 1 unspecified atom stereocenters. The number of nitrogens with zero attached hydrogens (tertiary/aromatic N) is 3. The van der Waals surface area contributed by atoms with Crippen LogP contribution < -0.4 is 5.32 Å². The van der Waals surface area contributed by atoms with Crippen molar-refractivity contribution in [3.05, 3.63) is 5.82 Å². The van der Waals surface area contributed by atoms with Gasteiger partial charge in [-0.05, 0) is 26.2 Å². The third-order valence-corrected chi connectivity index (χ3v) is 7.82. The summed E-state index contributed by atoms with van der Waals surface area (Å²) in [5, 5.41) is 10.4. The summed E-state index contributed by atoms with van der Waals surface area (Å²) >= 11 is 1.26. The Hall–Kier alpha value is -1.62. The molecule has 1 saturated heterocycles. The van der Waals surface area contributed by atoms with Crippen molar-refractivity contribution in [3.63, 3.8) is 0 Å². The summed E-state index contributed by atoms with van der Waals surface area (Å²) < 4.78 is 23.0. The SMILES string of the molecule is CCN(CC(=O)NC1CCS(=O)(=O)C1)C(=O)CSc1n[nH]c(C2CCCC2)n1. The fourth-order valence-electron chi connectivity index (χ4n) is 3.65. The third-order valence-electron chi connectivity index (χ3n) is 5.22. The third kappa shape index (κ3) is 5.69. The molecule has 9 nitrogen and oxygen atoms in total. The molecule has 0 radical (unpaired) electrons. The van der Waals surface area contributed by atoms with Gasteiger partial charge in [-0.25, -0.2) is 13.4 Å². The lowest BCUT2D eigenvalue weighted by molar-refractivity contribution is -0.134. The summed E-state index contributed by atoms with van der Waals surface area (Å²) in [6.07, 6.45) is 5.11. The van der Waals surface area contributed by atoms with Crippen LogP contribution in [0.15, 0.2) is 5.16 Å². The van der Waals surface area contributed by atoms with Crippen molar-refractivity contribution in [3.8, 4) is 0 Å². The molecule has 0 aromatic carbocycles. The first kappa shape index (κ1) is 21.1. The molecule has 1 aliphatic heterocycles. The number of hydrogen-bond acceptors (Lipinski definition) is 7. The molecule has 2 N–H and O–H groups in total. The number of rotatable bonds is 8. The molecule has 2 heterocycles. The Morgan fingerprint density at radius 2 is 2.04 bits per heavy atom. The van der Waals surface area contributed by atoms with Crippen molar-refractivity contribution in [2.24, 2.45) is 0 Å². The standard InChI is InChI=1S/C17H27N5O4S2/c1-2-22(9-14(23)18-13-7-8-28(25,26)11-13)15(24)10-27-17-19-16(20-21-17)12-5-3-4-6-12/h12-13H,2-11H2,1H3,(H,18,23)(H,19,20,21). The lowest BCUT2D eigenvalue weighted by atomic mass is 10.1. The van der Waals surface area contributed by atoms with E-state index in [0.717, 1.165) is 18.7 Å². The van der Waals surface area contributed by atoms with Crippen LogP contribution >= 0.6 is 11.8 Å². The minimum Gasteiger partial charge on any atom is -0.351 e. The van der Waals surface area contributed by atoms with E-state index in [2.05, 4.69) is 20.5 Å². The number of aromatic nitrogens is 3. The monoisotopic (exact) mass is 429 g/mol. The van der Waals surface area contributed by atoms with Gasteiger partial charge in [-0.1, -0.05) is 24.6 Å². The summed E-state index contributed by atoms with van der Waals surface area (Å²) in [7, 11) is -3.05. The summed E-state index contributed by atoms with van der Waals surface area (Å²) in [6.45, 7) is 2.13. The summed E-state index contributed by atoms with van der Waals surface area (Å²) in [5.74, 6) is 1.06. The van der Waals surface area contributed by atoms with Crippen LogP contribution in [-0.4, -0.2) is 76.7 Å². The molecule has 1 aliphatic carbocycles. The molecule has 1 aromatic rings. The number of likely N-dealkylation sites (N-methyl/N-ethyl adjacent to an activating group) is 1. The summed E-state index contributed by atoms with van der Waals surface area (Å²) in [6, 6.07) is -0.358. The number of amides is 2. The van der Waals surface area contributed by atoms with Crippen molar-refractivity contribution in [1.29, 1.82) is 0 Å². The highest BCUT2D eigenvalue weighted by atomic mass is 32.2. The van der Waals surface area contributed by atoms with Crippen LogP contribution in [-0.2, 0) is 19.4 Å². The quantitative estimate of drug-likeness (QED) is 0.583. The maximum atomic E-state index is 12.4. The Morgan fingerprint density at radius 3 is 2.68 bits per heavy atom. The molecule has 28 heavy (non-hydrogen) atoms. The molecule has 1 saturated carbocycles. The van der Waals surface area contributed by atoms with Crippen LogP contribution in [0.25, 0.3) is 0 Å². The first-order valence-corrected chi connectivity index (χ1v) is 12.5. The smallest absolute Gasteiger partial charge is 0.239 e. The van der Waals surface area contributed by atoms with Gasteiger partial charge < -0.3 is 10.2 Å². The van der Waals surface area contributed by atoms with Crippen molar-refractivity contribution >= 4 is 33.4 Å². The number of nitrogens with one attached hydrogen (secondary N) is 2. The average Bonchev–Trinajstić information content (AvgIpc) is 3.38. The van der Waals surface area contributed by atoms with Gasteiger partial charge >= 0.3 is 0 Å². The van der Waals surface area contributed by atoms with Gasteiger partial charge in [0.05, 0.1) is 23.8 Å². The lowest BCUT2D eigenvalue weighted by Gasteiger charge is -2.21. The van der Waals surface area contributed by atoms with Gasteiger partial charge in [-0.15, -0.1) is 5.10 Å². The van der Waals surface area contributed by atoms with Gasteiger partial charge in [0.2, 0.25) is 17.0 Å². The van der Waals surface area contributed by atoms with Crippen molar-refractivity contribution in [1.82, 2.24) is 25.4 Å². The lowest BCUT2D eigenvalue weighted by Crippen LogP contribution is -2.45. The second-order valence-corrected chi connectivity index (χ2v) is 10.5. The van der Waals surface area contributed by atoms with E-state index in [1.165, 1.54) is 29.5 Å². The molecular formula is C17H27N5O4S2. The van der Waals surface area contributed by atoms with Crippen LogP contribution in [0.1, 0.15) is 50.8 Å². The van der Waals surface area contributed by atoms with E-state index in [1.54, 1.807) is 6.92 Å².